The van der Waals surface area contributed by atoms with Crippen molar-refractivity contribution in [3.8, 4) is 11.5 Å². The first-order valence-corrected chi connectivity index (χ1v) is 11.0. The minimum Gasteiger partial charge on any atom is -0.310 e. The minimum atomic E-state index is -3.50. The SMILES string of the molecule is CCS(=O)(=O)c1cc(Br)cnc1-c1nc2cc(C(=O)C3CC3)cnc2n1C. The number of Topliss-reactive ketones (excluding diaryl/α,β-unsaturated/α-hetero) is 1. The second-order valence-electron chi connectivity index (χ2n) is 6.60. The van der Waals surface area contributed by atoms with E-state index in [-0.39, 0.29) is 28.0 Å². The Morgan fingerprint density at radius 3 is 2.67 bits per heavy atom. The van der Waals surface area contributed by atoms with Crippen LogP contribution < -0.4 is 0 Å². The van der Waals surface area contributed by atoms with E-state index in [1.165, 1.54) is 6.07 Å². The second-order valence-corrected chi connectivity index (χ2v) is 9.77. The number of hydrogen-bond acceptors (Lipinski definition) is 6. The third-order valence-electron chi connectivity index (χ3n) is 4.69. The van der Waals surface area contributed by atoms with Gasteiger partial charge in [0.05, 0.1) is 10.6 Å². The zero-order chi connectivity index (χ0) is 19.3. The number of hydrogen-bond donors (Lipinski definition) is 0. The van der Waals surface area contributed by atoms with Crippen LogP contribution >= 0.6 is 15.9 Å². The summed E-state index contributed by atoms with van der Waals surface area (Å²) < 4.78 is 27.4. The van der Waals surface area contributed by atoms with Crippen LogP contribution in [0.1, 0.15) is 30.1 Å². The van der Waals surface area contributed by atoms with E-state index in [1.807, 2.05) is 0 Å². The molecule has 1 saturated carbocycles. The zero-order valence-corrected chi connectivity index (χ0v) is 17.2. The Balaban J connectivity index is 1.90. The van der Waals surface area contributed by atoms with E-state index in [4.69, 9.17) is 0 Å². The Labute approximate surface area is 164 Å². The van der Waals surface area contributed by atoms with Crippen molar-refractivity contribution >= 4 is 42.7 Å². The van der Waals surface area contributed by atoms with Crippen molar-refractivity contribution in [2.24, 2.45) is 13.0 Å². The lowest BCUT2D eigenvalue weighted by Crippen LogP contribution is -2.08. The average Bonchev–Trinajstić information content (AvgIpc) is 3.45. The third kappa shape index (κ3) is 3.19. The molecule has 0 unspecified atom stereocenters. The predicted octanol–water partition coefficient (Wildman–Crippen LogP) is 3.18. The van der Waals surface area contributed by atoms with Gasteiger partial charge in [0.15, 0.2) is 27.1 Å². The molecule has 0 aromatic carbocycles. The fourth-order valence-electron chi connectivity index (χ4n) is 2.99. The lowest BCUT2D eigenvalue weighted by molar-refractivity contribution is 0.0967. The molecular formula is C18H17BrN4O3S. The van der Waals surface area contributed by atoms with Gasteiger partial charge in [-0.1, -0.05) is 6.92 Å². The highest BCUT2D eigenvalue weighted by atomic mass is 79.9. The molecule has 3 aromatic heterocycles. The predicted molar refractivity (Wildman–Crippen MR) is 104 cm³/mol. The normalized spacial score (nSPS) is 14.6. The molecule has 0 radical (unpaired) electrons. The molecule has 0 bridgehead atoms. The summed E-state index contributed by atoms with van der Waals surface area (Å²) in [5.74, 6) is 0.544. The molecule has 1 aliphatic carbocycles. The van der Waals surface area contributed by atoms with Crippen LogP contribution in [-0.2, 0) is 16.9 Å². The van der Waals surface area contributed by atoms with Gasteiger partial charge in [0.25, 0.3) is 0 Å². The number of nitrogens with zero attached hydrogens (tertiary/aromatic N) is 4. The van der Waals surface area contributed by atoms with Crippen molar-refractivity contribution in [3.63, 3.8) is 0 Å². The minimum absolute atomic E-state index is 0.0413. The average molecular weight is 449 g/mol. The van der Waals surface area contributed by atoms with Gasteiger partial charge < -0.3 is 4.57 Å². The van der Waals surface area contributed by atoms with Crippen LogP contribution in [0.25, 0.3) is 22.7 Å². The van der Waals surface area contributed by atoms with Crippen molar-refractivity contribution in [3.05, 3.63) is 34.6 Å². The fourth-order valence-corrected chi connectivity index (χ4v) is 4.52. The van der Waals surface area contributed by atoms with Crippen molar-refractivity contribution < 1.29 is 13.2 Å². The molecule has 140 valence electrons. The van der Waals surface area contributed by atoms with Crippen LogP contribution in [0.3, 0.4) is 0 Å². The van der Waals surface area contributed by atoms with E-state index < -0.39 is 9.84 Å². The molecule has 0 N–H and O–H groups in total. The molecule has 3 aromatic rings. The van der Waals surface area contributed by atoms with Gasteiger partial charge >= 0.3 is 0 Å². The quantitative estimate of drug-likeness (QED) is 0.556. The number of sulfone groups is 1. The van der Waals surface area contributed by atoms with Gasteiger partial charge in [-0.3, -0.25) is 9.78 Å². The second kappa shape index (κ2) is 6.49. The summed E-state index contributed by atoms with van der Waals surface area (Å²) in [5, 5.41) is 0. The summed E-state index contributed by atoms with van der Waals surface area (Å²) >= 11 is 3.28. The highest BCUT2D eigenvalue weighted by Crippen LogP contribution is 2.34. The van der Waals surface area contributed by atoms with E-state index in [1.54, 1.807) is 37.0 Å². The molecular weight excluding hydrogens is 432 g/mol. The summed E-state index contributed by atoms with van der Waals surface area (Å²) in [5.41, 5.74) is 1.93. The van der Waals surface area contributed by atoms with Gasteiger partial charge in [0.2, 0.25) is 0 Å². The van der Waals surface area contributed by atoms with Crippen LogP contribution in [0.5, 0.6) is 0 Å². The van der Waals surface area contributed by atoms with Crippen LogP contribution in [-0.4, -0.2) is 39.5 Å². The third-order valence-corrected chi connectivity index (χ3v) is 6.86. The molecule has 9 heteroatoms. The largest absolute Gasteiger partial charge is 0.310 e. The van der Waals surface area contributed by atoms with Crippen molar-refractivity contribution in [1.29, 1.82) is 0 Å². The Kier molecular flexibility index (Phi) is 4.38. The van der Waals surface area contributed by atoms with Crippen molar-refractivity contribution in [2.45, 2.75) is 24.7 Å². The number of rotatable bonds is 5. The molecule has 27 heavy (non-hydrogen) atoms. The Bertz CT molecular complexity index is 1180. The smallest absolute Gasteiger partial charge is 0.180 e. The monoisotopic (exact) mass is 448 g/mol. The molecule has 3 heterocycles. The van der Waals surface area contributed by atoms with Gasteiger partial charge in [-0.05, 0) is 40.9 Å². The molecule has 4 rings (SSSR count). The molecule has 0 saturated heterocycles. The molecule has 0 atom stereocenters. The van der Waals surface area contributed by atoms with Gasteiger partial charge in [-0.2, -0.15) is 0 Å². The van der Waals surface area contributed by atoms with Crippen LogP contribution in [0, 0.1) is 5.92 Å². The topological polar surface area (TPSA) is 94.8 Å². The molecule has 0 spiro atoms. The van der Waals surface area contributed by atoms with Crippen LogP contribution in [0.4, 0.5) is 0 Å². The maximum atomic E-state index is 12.5. The van der Waals surface area contributed by atoms with Crippen molar-refractivity contribution in [2.75, 3.05) is 5.75 Å². The number of imidazole rings is 1. The number of ketones is 1. The van der Waals surface area contributed by atoms with Crippen LogP contribution in [0.2, 0.25) is 0 Å². The number of aromatic nitrogens is 4. The number of carbonyl (C=O) groups excluding carboxylic acids is 1. The highest BCUT2D eigenvalue weighted by Gasteiger charge is 2.31. The van der Waals surface area contributed by atoms with E-state index in [0.29, 0.717) is 27.0 Å². The zero-order valence-electron chi connectivity index (χ0n) is 14.8. The summed E-state index contributed by atoms with van der Waals surface area (Å²) in [6, 6.07) is 3.26. The number of aryl methyl sites for hydroxylation is 1. The number of fused-ring (bicyclic) bond motifs is 1. The molecule has 1 aliphatic rings. The standard InChI is InChI=1S/C18H17BrN4O3S/c1-3-27(25,26)14-7-12(19)9-20-15(14)18-22-13-6-11(16(24)10-4-5-10)8-21-17(13)23(18)2/h6-10H,3-5H2,1-2H3. The van der Waals surface area contributed by atoms with Gasteiger partial charge in [-0.15, -0.1) is 0 Å². The van der Waals surface area contributed by atoms with E-state index in [2.05, 4.69) is 30.9 Å². The molecule has 1 fully saturated rings. The highest BCUT2D eigenvalue weighted by molar-refractivity contribution is 9.10. The number of carbonyl (C=O) groups is 1. The van der Waals surface area contributed by atoms with E-state index in [9.17, 15) is 13.2 Å². The lowest BCUT2D eigenvalue weighted by atomic mass is 10.1. The van der Waals surface area contributed by atoms with Crippen molar-refractivity contribution in [1.82, 2.24) is 19.5 Å². The Morgan fingerprint density at radius 1 is 1.26 bits per heavy atom. The first kappa shape index (κ1) is 18.2. The number of pyridine rings is 2. The molecule has 7 nitrogen and oxygen atoms in total. The lowest BCUT2D eigenvalue weighted by Gasteiger charge is -2.09. The maximum absolute atomic E-state index is 12.5. The van der Waals surface area contributed by atoms with E-state index >= 15 is 0 Å². The van der Waals surface area contributed by atoms with E-state index in [0.717, 1.165) is 12.8 Å². The van der Waals surface area contributed by atoms with Gasteiger partial charge in [0, 0.05) is 35.4 Å². The summed E-state index contributed by atoms with van der Waals surface area (Å²) in [7, 11) is -1.74. The van der Waals surface area contributed by atoms with Gasteiger partial charge in [0.1, 0.15) is 11.2 Å². The fraction of sp³-hybridized carbons (Fsp3) is 0.333. The summed E-state index contributed by atoms with van der Waals surface area (Å²) in [6.07, 6.45) is 4.95. The first-order chi connectivity index (χ1) is 12.8. The Morgan fingerprint density at radius 2 is 2.00 bits per heavy atom. The first-order valence-electron chi connectivity index (χ1n) is 8.57. The maximum Gasteiger partial charge on any atom is 0.180 e. The molecule has 0 amide bonds. The van der Waals surface area contributed by atoms with Gasteiger partial charge in [-0.25, -0.2) is 18.4 Å². The Hall–Kier alpha value is -2.13. The summed E-state index contributed by atoms with van der Waals surface area (Å²) in [6.45, 7) is 1.59. The van der Waals surface area contributed by atoms with Crippen LogP contribution in [0.15, 0.2) is 33.9 Å². The summed E-state index contributed by atoms with van der Waals surface area (Å²) in [4.78, 5) is 25.7. The number of halogens is 1. The molecule has 0 aliphatic heterocycles.